The summed E-state index contributed by atoms with van der Waals surface area (Å²) in [4.78, 5) is 14.5. The summed E-state index contributed by atoms with van der Waals surface area (Å²) in [7, 11) is 0. The number of carbonyl (C=O) groups is 1. The highest BCUT2D eigenvalue weighted by molar-refractivity contribution is 5.95. The van der Waals surface area contributed by atoms with Crippen molar-refractivity contribution < 1.29 is 32.2 Å². The van der Waals surface area contributed by atoms with E-state index in [9.17, 15) is 27.5 Å². The molecule has 0 spiro atoms. The maximum Gasteiger partial charge on any atom is 0.419 e. The van der Waals surface area contributed by atoms with Crippen molar-refractivity contribution in [3.63, 3.8) is 0 Å². The lowest BCUT2D eigenvalue weighted by atomic mass is 9.99. The SMILES string of the molecule is O=C(Nc1ccc(F)c(C(F)(F)F)c1)C1C[C@@H](O)CN1CC1CCOCC1. The molecular weight excluding hydrogens is 368 g/mol. The fraction of sp³-hybridized carbons (Fsp3) is 0.611. The zero-order chi connectivity index (χ0) is 19.6. The molecule has 1 amide bonds. The topological polar surface area (TPSA) is 61.8 Å². The number of ether oxygens (including phenoxy) is 1. The number of halogens is 4. The molecule has 2 atom stereocenters. The van der Waals surface area contributed by atoms with E-state index < -0.39 is 35.6 Å². The minimum Gasteiger partial charge on any atom is -0.392 e. The Bertz CT molecular complexity index is 677. The van der Waals surface area contributed by atoms with Gasteiger partial charge in [-0.2, -0.15) is 13.2 Å². The molecule has 1 aromatic rings. The Kier molecular flexibility index (Phi) is 6.02. The van der Waals surface area contributed by atoms with Gasteiger partial charge in [0.1, 0.15) is 5.82 Å². The molecule has 0 aromatic heterocycles. The number of benzene rings is 1. The summed E-state index contributed by atoms with van der Waals surface area (Å²) >= 11 is 0. The summed E-state index contributed by atoms with van der Waals surface area (Å²) < 4.78 is 57.2. The van der Waals surface area contributed by atoms with E-state index in [1.807, 2.05) is 4.90 Å². The lowest BCUT2D eigenvalue weighted by Crippen LogP contribution is -2.42. The van der Waals surface area contributed by atoms with E-state index >= 15 is 0 Å². The molecule has 9 heteroatoms. The highest BCUT2D eigenvalue weighted by atomic mass is 19.4. The number of nitrogens with one attached hydrogen (secondary N) is 1. The van der Waals surface area contributed by atoms with Crippen molar-refractivity contribution in [2.24, 2.45) is 5.92 Å². The molecule has 2 fully saturated rings. The van der Waals surface area contributed by atoms with Crippen LogP contribution in [0.4, 0.5) is 23.2 Å². The van der Waals surface area contributed by atoms with Gasteiger partial charge in [-0.3, -0.25) is 9.69 Å². The molecule has 1 aromatic carbocycles. The van der Waals surface area contributed by atoms with Crippen LogP contribution in [0.2, 0.25) is 0 Å². The minimum atomic E-state index is -4.84. The monoisotopic (exact) mass is 390 g/mol. The maximum atomic E-state index is 13.4. The number of aliphatic hydroxyl groups excluding tert-OH is 1. The van der Waals surface area contributed by atoms with Crippen molar-refractivity contribution in [1.82, 2.24) is 4.90 Å². The second-order valence-corrected chi connectivity index (χ2v) is 7.10. The third-order valence-corrected chi connectivity index (χ3v) is 5.06. The third-order valence-electron chi connectivity index (χ3n) is 5.06. The number of hydrogen-bond acceptors (Lipinski definition) is 4. The summed E-state index contributed by atoms with van der Waals surface area (Å²) in [6, 6.07) is 1.72. The molecule has 3 rings (SSSR count). The highest BCUT2D eigenvalue weighted by Crippen LogP contribution is 2.33. The molecular formula is C18H22F4N2O3. The zero-order valence-electron chi connectivity index (χ0n) is 14.6. The summed E-state index contributed by atoms with van der Waals surface area (Å²) in [5.41, 5.74) is -1.55. The van der Waals surface area contributed by atoms with Crippen LogP contribution in [-0.2, 0) is 15.7 Å². The zero-order valence-corrected chi connectivity index (χ0v) is 14.6. The second kappa shape index (κ2) is 8.12. The Balaban J connectivity index is 1.68. The number of anilines is 1. The molecule has 2 aliphatic rings. The van der Waals surface area contributed by atoms with Crippen molar-refractivity contribution >= 4 is 11.6 Å². The first kappa shape index (κ1) is 20.0. The van der Waals surface area contributed by atoms with Crippen LogP contribution in [0.3, 0.4) is 0 Å². The van der Waals surface area contributed by atoms with Gasteiger partial charge in [0.25, 0.3) is 0 Å². The van der Waals surface area contributed by atoms with E-state index in [0.29, 0.717) is 44.4 Å². The summed E-state index contributed by atoms with van der Waals surface area (Å²) in [6.07, 6.45) is -3.56. The molecule has 2 saturated heterocycles. The van der Waals surface area contributed by atoms with Gasteiger partial charge >= 0.3 is 6.18 Å². The Morgan fingerprint density at radius 1 is 1.30 bits per heavy atom. The normalized spacial score (nSPS) is 24.9. The predicted molar refractivity (Wildman–Crippen MR) is 89.6 cm³/mol. The van der Waals surface area contributed by atoms with Gasteiger partial charge in [-0.25, -0.2) is 4.39 Å². The van der Waals surface area contributed by atoms with Crippen LogP contribution in [0.25, 0.3) is 0 Å². The molecule has 2 N–H and O–H groups in total. The van der Waals surface area contributed by atoms with Gasteiger partial charge in [0, 0.05) is 32.0 Å². The lowest BCUT2D eigenvalue weighted by Gasteiger charge is -2.30. The van der Waals surface area contributed by atoms with Crippen LogP contribution in [0.15, 0.2) is 18.2 Å². The minimum absolute atomic E-state index is 0.124. The van der Waals surface area contributed by atoms with Crippen LogP contribution in [0.5, 0.6) is 0 Å². The number of hydrogen-bond donors (Lipinski definition) is 2. The molecule has 2 heterocycles. The molecule has 0 bridgehead atoms. The molecule has 150 valence electrons. The van der Waals surface area contributed by atoms with Gasteiger partial charge in [-0.05, 0) is 43.4 Å². The molecule has 0 saturated carbocycles. The fourth-order valence-corrected chi connectivity index (χ4v) is 3.66. The van der Waals surface area contributed by atoms with E-state index in [4.69, 9.17) is 4.74 Å². The Labute approximate surface area is 154 Å². The quantitative estimate of drug-likeness (QED) is 0.776. The lowest BCUT2D eigenvalue weighted by molar-refractivity contribution is -0.140. The number of rotatable bonds is 4. The van der Waals surface area contributed by atoms with Crippen molar-refractivity contribution in [1.29, 1.82) is 0 Å². The number of likely N-dealkylation sites (tertiary alicyclic amines) is 1. The van der Waals surface area contributed by atoms with Crippen molar-refractivity contribution in [2.75, 3.05) is 31.6 Å². The van der Waals surface area contributed by atoms with Gasteiger partial charge in [0.2, 0.25) is 5.91 Å². The Morgan fingerprint density at radius 2 is 2.00 bits per heavy atom. The summed E-state index contributed by atoms with van der Waals surface area (Å²) in [5, 5.41) is 12.4. The van der Waals surface area contributed by atoms with Crippen molar-refractivity contribution in [3.05, 3.63) is 29.6 Å². The molecule has 2 aliphatic heterocycles. The standard InChI is InChI=1S/C18H22F4N2O3/c19-15-2-1-12(7-14(15)18(20,21)22)23-17(26)16-8-13(25)10-24(16)9-11-3-5-27-6-4-11/h1-2,7,11,13,16,25H,3-6,8-10H2,(H,23,26)/t13-,16?/m1/s1. The van der Waals surface area contributed by atoms with Crippen LogP contribution in [0.1, 0.15) is 24.8 Å². The van der Waals surface area contributed by atoms with E-state index in [0.717, 1.165) is 18.9 Å². The van der Waals surface area contributed by atoms with Crippen LogP contribution in [0, 0.1) is 11.7 Å². The van der Waals surface area contributed by atoms with Crippen molar-refractivity contribution in [3.8, 4) is 0 Å². The molecule has 5 nitrogen and oxygen atoms in total. The summed E-state index contributed by atoms with van der Waals surface area (Å²) in [5.74, 6) is -1.54. The van der Waals surface area contributed by atoms with Gasteiger partial charge in [0.15, 0.2) is 0 Å². The van der Waals surface area contributed by atoms with E-state index in [-0.39, 0.29) is 12.1 Å². The first-order valence-electron chi connectivity index (χ1n) is 8.91. The highest BCUT2D eigenvalue weighted by Gasteiger charge is 2.38. The van der Waals surface area contributed by atoms with E-state index in [1.165, 1.54) is 0 Å². The number of carbonyl (C=O) groups excluding carboxylic acids is 1. The predicted octanol–water partition coefficient (Wildman–Crippen LogP) is 2.64. The Hall–Kier alpha value is -1.71. The number of β-amino-alcohol motifs (C(OH)–C–C–N with tert-alkyl or cyclic N) is 1. The summed E-state index contributed by atoms with van der Waals surface area (Å²) in [6.45, 7) is 2.28. The number of amides is 1. The van der Waals surface area contributed by atoms with Gasteiger partial charge < -0.3 is 15.2 Å². The first-order chi connectivity index (χ1) is 12.7. The number of nitrogens with zero attached hydrogens (tertiary/aromatic N) is 1. The maximum absolute atomic E-state index is 13.4. The van der Waals surface area contributed by atoms with Gasteiger partial charge in [-0.15, -0.1) is 0 Å². The molecule has 0 aliphatic carbocycles. The molecule has 0 radical (unpaired) electrons. The third kappa shape index (κ3) is 4.97. The van der Waals surface area contributed by atoms with Crippen molar-refractivity contribution in [2.45, 2.75) is 37.6 Å². The Morgan fingerprint density at radius 3 is 2.67 bits per heavy atom. The van der Waals surface area contributed by atoms with Gasteiger partial charge in [0.05, 0.1) is 17.7 Å². The number of alkyl halides is 3. The molecule has 27 heavy (non-hydrogen) atoms. The second-order valence-electron chi connectivity index (χ2n) is 7.10. The average molecular weight is 390 g/mol. The van der Waals surface area contributed by atoms with Crippen LogP contribution < -0.4 is 5.32 Å². The molecule has 1 unspecified atom stereocenters. The van der Waals surface area contributed by atoms with Gasteiger partial charge in [-0.1, -0.05) is 0 Å². The van der Waals surface area contributed by atoms with E-state index in [1.54, 1.807) is 0 Å². The van der Waals surface area contributed by atoms with Crippen LogP contribution >= 0.6 is 0 Å². The largest absolute Gasteiger partial charge is 0.419 e. The fourth-order valence-electron chi connectivity index (χ4n) is 3.66. The average Bonchev–Trinajstić information content (AvgIpc) is 2.97. The van der Waals surface area contributed by atoms with Crippen LogP contribution in [-0.4, -0.2) is 54.4 Å². The number of aliphatic hydroxyl groups is 1. The smallest absolute Gasteiger partial charge is 0.392 e. The van der Waals surface area contributed by atoms with E-state index in [2.05, 4.69) is 5.32 Å². The first-order valence-corrected chi connectivity index (χ1v) is 8.91.